The molecule has 7 heteroatoms. The van der Waals surface area contributed by atoms with Gasteiger partial charge in [0.25, 0.3) is 0 Å². The van der Waals surface area contributed by atoms with Crippen molar-refractivity contribution in [3.63, 3.8) is 0 Å². The van der Waals surface area contributed by atoms with Gasteiger partial charge in [-0.05, 0) is 49.0 Å². The largest absolute Gasteiger partial charge is 0.336 e. The fourth-order valence-corrected chi connectivity index (χ4v) is 4.55. The fourth-order valence-electron chi connectivity index (χ4n) is 3.68. The second-order valence-corrected chi connectivity index (χ2v) is 7.92. The zero-order valence-corrected chi connectivity index (χ0v) is 16.6. The van der Waals surface area contributed by atoms with Gasteiger partial charge in [0.2, 0.25) is 0 Å². The smallest absolute Gasteiger partial charge is 0.315 e. The van der Waals surface area contributed by atoms with E-state index in [-0.39, 0.29) is 12.1 Å². The van der Waals surface area contributed by atoms with E-state index in [4.69, 9.17) is 0 Å². The van der Waals surface area contributed by atoms with Crippen LogP contribution in [-0.2, 0) is 6.54 Å². The third-order valence-corrected chi connectivity index (χ3v) is 6.10. The number of rotatable bonds is 7. The summed E-state index contributed by atoms with van der Waals surface area (Å²) in [7, 11) is 0. The van der Waals surface area contributed by atoms with Crippen LogP contribution in [0.1, 0.15) is 29.3 Å². The number of urea groups is 1. The summed E-state index contributed by atoms with van der Waals surface area (Å²) in [6.07, 6.45) is 7.89. The lowest BCUT2D eigenvalue weighted by molar-refractivity contribution is 0.222. The summed E-state index contributed by atoms with van der Waals surface area (Å²) in [6.45, 7) is 3.29. The van der Waals surface area contributed by atoms with Gasteiger partial charge in [-0.15, -0.1) is 11.3 Å². The molecule has 146 valence electrons. The molecule has 1 saturated heterocycles. The Morgan fingerprint density at radius 2 is 2.00 bits per heavy atom. The summed E-state index contributed by atoms with van der Waals surface area (Å²) in [5, 5.41) is 8.16. The Morgan fingerprint density at radius 1 is 1.14 bits per heavy atom. The number of nitrogens with one attached hydrogen (secondary N) is 2. The topological polar surface area (TPSA) is 62.2 Å². The van der Waals surface area contributed by atoms with Crippen LogP contribution in [0.4, 0.5) is 4.79 Å². The van der Waals surface area contributed by atoms with Gasteiger partial charge in [0, 0.05) is 30.4 Å². The van der Waals surface area contributed by atoms with Gasteiger partial charge in [-0.25, -0.2) is 9.78 Å². The second-order valence-electron chi connectivity index (χ2n) is 6.94. The minimum atomic E-state index is -0.138. The van der Waals surface area contributed by atoms with Crippen molar-refractivity contribution in [3.05, 3.63) is 70.9 Å². The van der Waals surface area contributed by atoms with Gasteiger partial charge in [-0.2, -0.15) is 0 Å². The summed E-state index contributed by atoms with van der Waals surface area (Å²) < 4.78 is 1.95. The van der Waals surface area contributed by atoms with Crippen LogP contribution in [0.5, 0.6) is 0 Å². The van der Waals surface area contributed by atoms with Crippen molar-refractivity contribution >= 4 is 17.4 Å². The van der Waals surface area contributed by atoms with E-state index in [1.54, 1.807) is 23.9 Å². The summed E-state index contributed by atoms with van der Waals surface area (Å²) in [4.78, 5) is 20.3. The number of para-hydroxylation sites is 1. The van der Waals surface area contributed by atoms with Crippen LogP contribution in [0.3, 0.4) is 0 Å². The third-order valence-electron chi connectivity index (χ3n) is 5.12. The number of carbonyl (C=O) groups excluding carboxylic acids is 1. The number of hydrogen-bond acceptors (Lipinski definition) is 4. The van der Waals surface area contributed by atoms with Gasteiger partial charge in [-0.1, -0.05) is 24.3 Å². The van der Waals surface area contributed by atoms with Crippen molar-refractivity contribution in [2.24, 2.45) is 0 Å². The molecule has 2 N–H and O–H groups in total. The lowest BCUT2D eigenvalue weighted by atomic mass is 10.1. The average molecular weight is 396 g/mol. The Kier molecular flexibility index (Phi) is 6.04. The van der Waals surface area contributed by atoms with Crippen molar-refractivity contribution in [1.82, 2.24) is 25.1 Å². The van der Waals surface area contributed by atoms with Gasteiger partial charge in [-0.3, -0.25) is 4.90 Å². The van der Waals surface area contributed by atoms with Crippen molar-refractivity contribution in [2.45, 2.75) is 25.4 Å². The van der Waals surface area contributed by atoms with E-state index >= 15 is 0 Å². The first-order chi connectivity index (χ1) is 13.8. The minimum absolute atomic E-state index is 0.138. The number of amides is 2. The first-order valence-corrected chi connectivity index (χ1v) is 10.5. The number of aromatic nitrogens is 2. The van der Waals surface area contributed by atoms with Gasteiger partial charge >= 0.3 is 6.03 Å². The molecule has 2 amide bonds. The summed E-state index contributed by atoms with van der Waals surface area (Å²) in [5.41, 5.74) is 2.07. The second kappa shape index (κ2) is 9.03. The van der Waals surface area contributed by atoms with Crippen LogP contribution in [0.2, 0.25) is 0 Å². The molecule has 0 bridgehead atoms. The quantitative estimate of drug-likeness (QED) is 0.643. The number of carbonyl (C=O) groups is 1. The van der Waals surface area contributed by atoms with Crippen molar-refractivity contribution in [2.75, 3.05) is 19.6 Å². The zero-order valence-electron chi connectivity index (χ0n) is 15.8. The highest BCUT2D eigenvalue weighted by Gasteiger charge is 2.24. The Morgan fingerprint density at radius 3 is 2.75 bits per heavy atom. The maximum absolute atomic E-state index is 12.4. The predicted molar refractivity (Wildman–Crippen MR) is 112 cm³/mol. The molecule has 3 aromatic rings. The molecular weight excluding hydrogens is 370 g/mol. The lowest BCUT2D eigenvalue weighted by Crippen LogP contribution is -2.41. The molecule has 1 aromatic carbocycles. The fraction of sp³-hybridized carbons (Fsp3) is 0.333. The van der Waals surface area contributed by atoms with Gasteiger partial charge < -0.3 is 15.2 Å². The van der Waals surface area contributed by atoms with Crippen molar-refractivity contribution in [1.29, 1.82) is 0 Å². The highest BCUT2D eigenvalue weighted by atomic mass is 32.1. The molecular formula is C21H25N5OS. The number of hydrogen-bond donors (Lipinski definition) is 2. The molecule has 1 unspecified atom stereocenters. The Balaban J connectivity index is 1.35. The first-order valence-electron chi connectivity index (χ1n) is 9.66. The summed E-state index contributed by atoms with van der Waals surface area (Å²) in [5.74, 6) is 0. The normalized spacial score (nSPS) is 15.4. The number of thiophene rings is 1. The van der Waals surface area contributed by atoms with E-state index in [1.165, 1.54) is 17.7 Å². The SMILES string of the molecule is O=C(NCc1ccccc1-n1ccnc1)NCC(c1cccs1)N1CCCC1. The highest BCUT2D eigenvalue weighted by molar-refractivity contribution is 7.10. The van der Waals surface area contributed by atoms with Crippen LogP contribution >= 0.6 is 11.3 Å². The van der Waals surface area contributed by atoms with E-state index in [9.17, 15) is 4.79 Å². The van der Waals surface area contributed by atoms with Gasteiger partial charge in [0.05, 0.1) is 18.1 Å². The summed E-state index contributed by atoms with van der Waals surface area (Å²) in [6, 6.07) is 12.4. The van der Waals surface area contributed by atoms with Crippen molar-refractivity contribution < 1.29 is 4.79 Å². The minimum Gasteiger partial charge on any atom is -0.336 e. The Bertz CT molecular complexity index is 872. The van der Waals surface area contributed by atoms with Crippen molar-refractivity contribution in [3.8, 4) is 5.69 Å². The molecule has 1 aliphatic rings. The maximum Gasteiger partial charge on any atom is 0.315 e. The molecule has 0 saturated carbocycles. The molecule has 0 radical (unpaired) electrons. The predicted octanol–water partition coefficient (Wildman–Crippen LogP) is 3.57. The Hall–Kier alpha value is -2.64. The molecule has 0 spiro atoms. The van der Waals surface area contributed by atoms with Gasteiger partial charge in [0.1, 0.15) is 0 Å². The molecule has 2 aromatic heterocycles. The number of likely N-dealkylation sites (tertiary alicyclic amines) is 1. The first kappa shape index (κ1) is 18.7. The van der Waals surface area contributed by atoms with Crippen LogP contribution in [-0.4, -0.2) is 40.1 Å². The molecule has 0 aliphatic carbocycles. The van der Waals surface area contributed by atoms with E-state index < -0.39 is 0 Å². The molecule has 3 heterocycles. The van der Waals surface area contributed by atoms with Crippen LogP contribution in [0.15, 0.2) is 60.5 Å². The molecule has 1 atom stereocenters. The molecule has 28 heavy (non-hydrogen) atoms. The van der Waals surface area contributed by atoms with Crippen LogP contribution < -0.4 is 10.6 Å². The average Bonchev–Trinajstić information content (AvgIpc) is 3.50. The molecule has 4 rings (SSSR count). The lowest BCUT2D eigenvalue weighted by Gasteiger charge is -2.27. The number of imidazole rings is 1. The zero-order chi connectivity index (χ0) is 19.2. The van der Waals surface area contributed by atoms with Gasteiger partial charge in [0.15, 0.2) is 0 Å². The molecule has 1 fully saturated rings. The number of benzene rings is 1. The monoisotopic (exact) mass is 395 g/mol. The molecule has 6 nitrogen and oxygen atoms in total. The standard InChI is InChI=1S/C21H25N5OS/c27-21(23-14-17-6-1-2-7-18(17)26-12-9-22-16-26)24-15-19(20-8-5-13-28-20)25-10-3-4-11-25/h1-2,5-9,12-13,16,19H,3-4,10-11,14-15H2,(H2,23,24,27). The molecule has 1 aliphatic heterocycles. The van der Waals surface area contributed by atoms with E-state index in [1.807, 2.05) is 35.0 Å². The number of nitrogens with zero attached hydrogens (tertiary/aromatic N) is 3. The maximum atomic E-state index is 12.4. The third kappa shape index (κ3) is 4.43. The van der Waals surface area contributed by atoms with E-state index in [2.05, 4.69) is 38.0 Å². The van der Waals surface area contributed by atoms with E-state index in [0.29, 0.717) is 13.1 Å². The van der Waals surface area contributed by atoms with Crippen LogP contribution in [0.25, 0.3) is 5.69 Å². The van der Waals surface area contributed by atoms with E-state index in [0.717, 1.165) is 24.3 Å². The summed E-state index contributed by atoms with van der Waals surface area (Å²) >= 11 is 1.76. The highest BCUT2D eigenvalue weighted by Crippen LogP contribution is 2.27. The Labute approximate surface area is 169 Å². The van der Waals surface area contributed by atoms with Crippen LogP contribution in [0, 0.1) is 0 Å².